The van der Waals surface area contributed by atoms with Crippen LogP contribution in [0.2, 0.25) is 0 Å². The predicted molar refractivity (Wildman–Crippen MR) is 123 cm³/mol. The molecule has 0 unspecified atom stereocenters. The summed E-state index contributed by atoms with van der Waals surface area (Å²) in [7, 11) is 7.11. The van der Waals surface area contributed by atoms with Crippen LogP contribution in [-0.2, 0) is 4.79 Å². The van der Waals surface area contributed by atoms with Crippen molar-refractivity contribution in [3.8, 4) is 11.5 Å². The van der Waals surface area contributed by atoms with E-state index in [1.165, 1.54) is 16.8 Å². The molecular formula is C21H21N3O3S2. The van der Waals surface area contributed by atoms with Crippen molar-refractivity contribution in [1.82, 2.24) is 5.01 Å². The van der Waals surface area contributed by atoms with E-state index in [4.69, 9.17) is 21.7 Å². The summed E-state index contributed by atoms with van der Waals surface area (Å²) in [5.41, 5.74) is 2.78. The highest BCUT2D eigenvalue weighted by atomic mass is 32.2. The largest absolute Gasteiger partial charge is 0.493 e. The third-order valence-electron chi connectivity index (χ3n) is 4.21. The molecule has 6 nitrogen and oxygen atoms in total. The van der Waals surface area contributed by atoms with Crippen molar-refractivity contribution < 1.29 is 14.3 Å². The van der Waals surface area contributed by atoms with E-state index in [1.807, 2.05) is 49.3 Å². The first-order valence-corrected chi connectivity index (χ1v) is 9.96. The number of anilines is 1. The molecule has 0 bridgehead atoms. The summed E-state index contributed by atoms with van der Waals surface area (Å²) in [6.07, 6.45) is 3.40. The number of nitrogens with zero attached hydrogens (tertiary/aromatic N) is 3. The Morgan fingerprint density at radius 2 is 1.69 bits per heavy atom. The molecule has 2 aromatic carbocycles. The van der Waals surface area contributed by atoms with Crippen LogP contribution in [0.4, 0.5) is 5.69 Å². The first kappa shape index (κ1) is 20.9. The van der Waals surface area contributed by atoms with Crippen LogP contribution in [0.25, 0.3) is 6.08 Å². The van der Waals surface area contributed by atoms with Crippen molar-refractivity contribution in [2.24, 2.45) is 5.10 Å². The Hall–Kier alpha value is -2.84. The number of rotatable bonds is 6. The second kappa shape index (κ2) is 9.11. The summed E-state index contributed by atoms with van der Waals surface area (Å²) in [5, 5.41) is 5.52. The number of thioether (sulfide) groups is 1. The molecule has 2 aromatic rings. The van der Waals surface area contributed by atoms with E-state index in [1.54, 1.807) is 38.6 Å². The number of carbonyl (C=O) groups excluding carboxylic acids is 1. The number of amides is 1. The molecule has 29 heavy (non-hydrogen) atoms. The summed E-state index contributed by atoms with van der Waals surface area (Å²) >= 11 is 6.55. The van der Waals surface area contributed by atoms with Gasteiger partial charge < -0.3 is 14.4 Å². The van der Waals surface area contributed by atoms with Crippen LogP contribution in [-0.4, -0.2) is 49.8 Å². The number of hydrogen-bond donors (Lipinski definition) is 0. The Kier molecular flexibility index (Phi) is 6.56. The Labute approximate surface area is 179 Å². The van der Waals surface area contributed by atoms with Gasteiger partial charge in [-0.05, 0) is 53.7 Å². The number of benzene rings is 2. The lowest BCUT2D eigenvalue weighted by atomic mass is 10.2. The topological polar surface area (TPSA) is 54.4 Å². The Morgan fingerprint density at radius 1 is 1.03 bits per heavy atom. The van der Waals surface area contributed by atoms with E-state index in [-0.39, 0.29) is 5.91 Å². The zero-order chi connectivity index (χ0) is 21.0. The van der Waals surface area contributed by atoms with Gasteiger partial charge in [-0.3, -0.25) is 4.79 Å². The third kappa shape index (κ3) is 4.78. The van der Waals surface area contributed by atoms with Gasteiger partial charge in [0.05, 0.1) is 25.3 Å². The van der Waals surface area contributed by atoms with E-state index in [2.05, 4.69) is 5.10 Å². The third-order valence-corrected chi connectivity index (χ3v) is 5.49. The maximum atomic E-state index is 12.7. The van der Waals surface area contributed by atoms with E-state index >= 15 is 0 Å². The van der Waals surface area contributed by atoms with Gasteiger partial charge in [-0.1, -0.05) is 30.0 Å². The Bertz CT molecular complexity index is 985. The number of thiocarbonyl (C=S) groups is 1. The molecule has 0 spiro atoms. The zero-order valence-electron chi connectivity index (χ0n) is 16.6. The van der Waals surface area contributed by atoms with Gasteiger partial charge in [-0.2, -0.15) is 10.1 Å². The summed E-state index contributed by atoms with van der Waals surface area (Å²) in [5.74, 6) is 0.967. The maximum absolute atomic E-state index is 12.7. The van der Waals surface area contributed by atoms with E-state index in [9.17, 15) is 4.79 Å². The van der Waals surface area contributed by atoms with Crippen molar-refractivity contribution in [1.29, 1.82) is 0 Å². The molecule has 0 aromatic heterocycles. The summed E-state index contributed by atoms with van der Waals surface area (Å²) in [6, 6.07) is 13.3. The van der Waals surface area contributed by atoms with Gasteiger partial charge in [0.1, 0.15) is 0 Å². The van der Waals surface area contributed by atoms with Crippen molar-refractivity contribution in [3.05, 3.63) is 58.5 Å². The number of hydrazone groups is 1. The predicted octanol–water partition coefficient (Wildman–Crippen LogP) is 4.01. The van der Waals surface area contributed by atoms with Crippen molar-refractivity contribution >= 4 is 52.2 Å². The molecule has 1 fully saturated rings. The fraction of sp³-hybridized carbons (Fsp3) is 0.190. The molecular weight excluding hydrogens is 406 g/mol. The lowest BCUT2D eigenvalue weighted by Crippen LogP contribution is -2.22. The van der Waals surface area contributed by atoms with Gasteiger partial charge >= 0.3 is 0 Å². The molecule has 1 amide bonds. The average Bonchev–Trinajstić information content (AvgIpc) is 2.99. The molecule has 3 rings (SSSR count). The molecule has 8 heteroatoms. The van der Waals surface area contributed by atoms with Gasteiger partial charge in [0, 0.05) is 19.8 Å². The fourth-order valence-electron chi connectivity index (χ4n) is 2.64. The normalized spacial score (nSPS) is 15.4. The van der Waals surface area contributed by atoms with Gasteiger partial charge in [0.15, 0.2) is 15.8 Å². The second-order valence-corrected chi connectivity index (χ2v) is 8.01. The Morgan fingerprint density at radius 3 is 2.31 bits per heavy atom. The molecule has 0 atom stereocenters. The SMILES string of the molecule is COc1ccc(/C=C2/SC(=S)N(/N=C/c3ccc(N(C)C)cc3)C2=O)cc1OC. The highest BCUT2D eigenvalue weighted by molar-refractivity contribution is 8.26. The highest BCUT2D eigenvalue weighted by Gasteiger charge is 2.32. The van der Waals surface area contributed by atoms with Crippen molar-refractivity contribution in [2.75, 3.05) is 33.2 Å². The molecule has 150 valence electrons. The number of methoxy groups -OCH3 is 2. The van der Waals surface area contributed by atoms with Crippen LogP contribution in [0.5, 0.6) is 11.5 Å². The minimum Gasteiger partial charge on any atom is -0.493 e. The number of carbonyl (C=O) groups is 1. The zero-order valence-corrected chi connectivity index (χ0v) is 18.2. The highest BCUT2D eigenvalue weighted by Crippen LogP contribution is 2.34. The monoisotopic (exact) mass is 427 g/mol. The van der Waals surface area contributed by atoms with Crippen molar-refractivity contribution in [2.45, 2.75) is 0 Å². The first-order valence-electron chi connectivity index (χ1n) is 8.74. The van der Waals surface area contributed by atoms with Crippen LogP contribution in [0.3, 0.4) is 0 Å². The van der Waals surface area contributed by atoms with Crippen LogP contribution in [0, 0.1) is 0 Å². The van der Waals surface area contributed by atoms with Gasteiger partial charge in [-0.15, -0.1) is 0 Å². The smallest absolute Gasteiger partial charge is 0.286 e. The van der Waals surface area contributed by atoms with Gasteiger partial charge in [0.2, 0.25) is 0 Å². The molecule has 0 aliphatic carbocycles. The molecule has 1 aliphatic heterocycles. The molecule has 1 heterocycles. The molecule has 0 radical (unpaired) electrons. The molecule has 1 saturated heterocycles. The van der Waals surface area contributed by atoms with Gasteiger partial charge in [-0.25, -0.2) is 0 Å². The maximum Gasteiger partial charge on any atom is 0.286 e. The number of ether oxygens (including phenoxy) is 2. The molecule has 0 saturated carbocycles. The van der Waals surface area contributed by atoms with Crippen LogP contribution >= 0.6 is 24.0 Å². The minimum atomic E-state index is -0.254. The van der Waals surface area contributed by atoms with Gasteiger partial charge in [0.25, 0.3) is 5.91 Å². The Balaban J connectivity index is 1.78. The lowest BCUT2D eigenvalue weighted by molar-refractivity contribution is -0.122. The number of hydrogen-bond acceptors (Lipinski definition) is 7. The second-order valence-electron chi connectivity index (χ2n) is 6.34. The fourth-order valence-corrected chi connectivity index (χ4v) is 3.81. The van der Waals surface area contributed by atoms with Crippen molar-refractivity contribution in [3.63, 3.8) is 0 Å². The minimum absolute atomic E-state index is 0.254. The summed E-state index contributed by atoms with van der Waals surface area (Å²) in [6.45, 7) is 0. The summed E-state index contributed by atoms with van der Waals surface area (Å²) in [4.78, 5) is 15.3. The van der Waals surface area contributed by atoms with Crippen LogP contribution < -0.4 is 14.4 Å². The first-order chi connectivity index (χ1) is 13.9. The van der Waals surface area contributed by atoms with E-state index in [0.29, 0.717) is 20.7 Å². The standard InChI is InChI=1S/C21H21N3O3S2/c1-23(2)16-8-5-14(6-9-16)13-22-24-20(25)19(29-21(24)28)12-15-7-10-17(26-3)18(11-15)27-4/h5-13H,1-4H3/b19-12+,22-13+. The quantitative estimate of drug-likeness (QED) is 0.395. The van der Waals surface area contributed by atoms with E-state index < -0.39 is 0 Å². The molecule has 0 N–H and O–H groups in total. The van der Waals surface area contributed by atoms with E-state index in [0.717, 1.165) is 16.8 Å². The molecule has 1 aliphatic rings. The van der Waals surface area contributed by atoms with Crippen LogP contribution in [0.1, 0.15) is 11.1 Å². The van der Waals surface area contributed by atoms with Crippen LogP contribution in [0.15, 0.2) is 52.5 Å². The lowest BCUT2D eigenvalue weighted by Gasteiger charge is -2.12. The average molecular weight is 428 g/mol. The summed E-state index contributed by atoms with van der Waals surface area (Å²) < 4.78 is 10.9.